The fourth-order valence-electron chi connectivity index (χ4n) is 4.85. The van der Waals surface area contributed by atoms with Crippen LogP contribution in [0.1, 0.15) is 64.4 Å². The van der Waals surface area contributed by atoms with Crippen molar-refractivity contribution in [3.63, 3.8) is 0 Å². The molecule has 3 aliphatic rings. The predicted molar refractivity (Wildman–Crippen MR) is 136 cm³/mol. The van der Waals surface area contributed by atoms with Gasteiger partial charge in [0.2, 0.25) is 18.2 Å². The summed E-state index contributed by atoms with van der Waals surface area (Å²) in [6.45, 7) is 6.78. The number of amides is 5. The highest BCUT2D eigenvalue weighted by Gasteiger charge is 2.37. The van der Waals surface area contributed by atoms with Crippen LogP contribution in [-0.2, 0) is 27.5 Å². The Labute approximate surface area is 215 Å². The average molecular weight is 503 g/mol. The van der Waals surface area contributed by atoms with Gasteiger partial charge < -0.3 is 15.1 Å². The van der Waals surface area contributed by atoms with Crippen LogP contribution in [0.2, 0.25) is 0 Å². The molecule has 192 valence electrons. The van der Waals surface area contributed by atoms with E-state index in [2.05, 4.69) is 17.2 Å². The highest BCUT2D eigenvalue weighted by Crippen LogP contribution is 2.28. The van der Waals surface area contributed by atoms with E-state index in [1.54, 1.807) is 9.80 Å². The Kier molecular flexibility index (Phi) is 7.81. The van der Waals surface area contributed by atoms with E-state index in [0.717, 1.165) is 34.4 Å². The Balaban J connectivity index is 0.000000173. The molecular weight excluding hydrogens is 472 g/mol. The lowest BCUT2D eigenvalue weighted by atomic mass is 10.0. The van der Waals surface area contributed by atoms with E-state index >= 15 is 0 Å². The second-order valence-corrected chi connectivity index (χ2v) is 9.40. The third kappa shape index (κ3) is 5.61. The fourth-order valence-corrected chi connectivity index (χ4v) is 4.85. The van der Waals surface area contributed by atoms with Gasteiger partial charge in [-0.3, -0.25) is 29.3 Å². The number of benzene rings is 2. The van der Waals surface area contributed by atoms with Crippen molar-refractivity contribution >= 4 is 30.0 Å². The van der Waals surface area contributed by atoms with Crippen LogP contribution in [-0.4, -0.2) is 51.9 Å². The molecule has 3 heterocycles. The molecule has 2 N–H and O–H groups in total. The number of piperidine rings is 1. The van der Waals surface area contributed by atoms with Crippen molar-refractivity contribution < 1.29 is 24.0 Å². The van der Waals surface area contributed by atoms with Gasteiger partial charge >= 0.3 is 0 Å². The first kappa shape index (κ1) is 25.8. The molecule has 37 heavy (non-hydrogen) atoms. The van der Waals surface area contributed by atoms with Crippen molar-refractivity contribution in [3.8, 4) is 0 Å². The second kappa shape index (κ2) is 11.2. The Bertz CT molecular complexity index is 1260. The quantitative estimate of drug-likeness (QED) is 0.589. The molecule has 0 spiro atoms. The average Bonchev–Trinajstić information content (AvgIpc) is 3.40. The number of rotatable bonds is 6. The molecule has 5 amide bonds. The number of carbonyl (C=O) groups excluding carboxylic acids is 5. The molecule has 0 aromatic heterocycles. The smallest absolute Gasteiger partial charge is 0.255 e. The summed E-state index contributed by atoms with van der Waals surface area (Å²) in [6, 6.07) is 14.7. The van der Waals surface area contributed by atoms with Crippen molar-refractivity contribution in [1.29, 1.82) is 0 Å². The summed E-state index contributed by atoms with van der Waals surface area (Å²) < 4.78 is 0. The summed E-state index contributed by atoms with van der Waals surface area (Å²) in [6.07, 6.45) is 2.55. The molecule has 2 aromatic rings. The first-order valence-electron chi connectivity index (χ1n) is 12.3. The zero-order valence-electron chi connectivity index (χ0n) is 20.7. The lowest BCUT2D eigenvalue weighted by Crippen LogP contribution is -2.49. The van der Waals surface area contributed by atoms with Gasteiger partial charge in [-0.1, -0.05) is 43.0 Å². The van der Waals surface area contributed by atoms with Gasteiger partial charge in [0.1, 0.15) is 6.04 Å². The van der Waals surface area contributed by atoms with Crippen molar-refractivity contribution in [3.05, 3.63) is 83.1 Å². The molecule has 9 heteroatoms. The van der Waals surface area contributed by atoms with Crippen LogP contribution >= 0.6 is 0 Å². The summed E-state index contributed by atoms with van der Waals surface area (Å²) >= 11 is 0. The summed E-state index contributed by atoms with van der Waals surface area (Å²) in [7, 11) is 0. The highest BCUT2D eigenvalue weighted by molar-refractivity contribution is 6.01. The molecule has 0 aliphatic carbocycles. The maximum absolute atomic E-state index is 12.2. The van der Waals surface area contributed by atoms with E-state index in [1.807, 2.05) is 55.5 Å². The van der Waals surface area contributed by atoms with E-state index in [0.29, 0.717) is 32.3 Å². The summed E-state index contributed by atoms with van der Waals surface area (Å²) in [5.41, 5.74) is 4.22. The zero-order chi connectivity index (χ0) is 26.5. The number of imide groups is 1. The van der Waals surface area contributed by atoms with E-state index in [4.69, 9.17) is 0 Å². The normalized spacial score (nSPS) is 18.9. The lowest BCUT2D eigenvalue weighted by Gasteiger charge is -2.30. The van der Waals surface area contributed by atoms with Gasteiger partial charge in [0.25, 0.3) is 11.8 Å². The molecular formula is C28H30N4O5. The van der Waals surface area contributed by atoms with Crippen LogP contribution in [0.4, 0.5) is 0 Å². The highest BCUT2D eigenvalue weighted by atomic mass is 16.2. The monoisotopic (exact) mass is 502 g/mol. The number of hydrogen-bond acceptors (Lipinski definition) is 5. The van der Waals surface area contributed by atoms with Gasteiger partial charge in [0, 0.05) is 42.4 Å². The molecule has 2 aromatic carbocycles. The van der Waals surface area contributed by atoms with Gasteiger partial charge in [-0.2, -0.15) is 0 Å². The number of allylic oxidation sites excluding steroid dienone is 1. The van der Waals surface area contributed by atoms with Crippen LogP contribution in [0.25, 0.3) is 0 Å². The summed E-state index contributed by atoms with van der Waals surface area (Å²) in [5.74, 6) is -0.462. The summed E-state index contributed by atoms with van der Waals surface area (Å²) in [5, 5.41) is 4.82. The maximum atomic E-state index is 12.2. The Morgan fingerprint density at radius 3 is 2.27 bits per heavy atom. The standard InChI is InChI=1S/C14H16N2O3.C14H14N2O2/c1-10(6-7-13(18)15-9-17)16-8-11-4-2-3-5-12(11)14(16)19;1-9-6-7-12(13(17)15-9)16-8-10-4-2-3-5-11(10)14(16)18/h2-5,9-10H,6-8H2,1H3,(H,15,17,18);2-5,12H,1,6-8H2,(H,15,17). The van der Waals surface area contributed by atoms with Crippen LogP contribution in [0.3, 0.4) is 0 Å². The molecule has 3 aliphatic heterocycles. The summed E-state index contributed by atoms with van der Waals surface area (Å²) in [4.78, 5) is 61.1. The predicted octanol–water partition coefficient (Wildman–Crippen LogP) is 2.52. The van der Waals surface area contributed by atoms with Gasteiger partial charge in [0.15, 0.2) is 0 Å². The van der Waals surface area contributed by atoms with Gasteiger partial charge in [-0.25, -0.2) is 0 Å². The largest absolute Gasteiger partial charge is 0.332 e. The van der Waals surface area contributed by atoms with Crippen molar-refractivity contribution in [2.75, 3.05) is 0 Å². The molecule has 2 unspecified atom stereocenters. The SMILES string of the molecule is C=C1CCC(N2Cc3ccccc3C2=O)C(=O)N1.CC(CCC(=O)NC=O)N1Cc2ccccc2C1=O. The van der Waals surface area contributed by atoms with Crippen LogP contribution < -0.4 is 10.6 Å². The zero-order valence-corrected chi connectivity index (χ0v) is 20.7. The Hall–Kier alpha value is -4.27. The third-order valence-electron chi connectivity index (χ3n) is 6.94. The van der Waals surface area contributed by atoms with Crippen LogP contribution in [0.5, 0.6) is 0 Å². The molecule has 1 saturated heterocycles. The minimum atomic E-state index is -0.365. The second-order valence-electron chi connectivity index (χ2n) is 9.40. The van der Waals surface area contributed by atoms with E-state index in [9.17, 15) is 24.0 Å². The fraction of sp³-hybridized carbons (Fsp3) is 0.321. The topological polar surface area (TPSA) is 116 Å². The van der Waals surface area contributed by atoms with E-state index in [-0.39, 0.29) is 42.1 Å². The van der Waals surface area contributed by atoms with E-state index < -0.39 is 0 Å². The Morgan fingerprint density at radius 1 is 1.05 bits per heavy atom. The lowest BCUT2D eigenvalue weighted by molar-refractivity contribution is -0.127. The van der Waals surface area contributed by atoms with Crippen molar-refractivity contribution in [1.82, 2.24) is 20.4 Å². The van der Waals surface area contributed by atoms with Crippen molar-refractivity contribution in [2.24, 2.45) is 0 Å². The van der Waals surface area contributed by atoms with Gasteiger partial charge in [-0.05, 0) is 49.4 Å². The number of nitrogens with zero attached hydrogens (tertiary/aromatic N) is 2. The first-order chi connectivity index (χ1) is 17.8. The molecule has 1 fully saturated rings. The number of nitrogens with one attached hydrogen (secondary N) is 2. The van der Waals surface area contributed by atoms with Gasteiger partial charge in [0.05, 0.1) is 0 Å². The number of carbonyl (C=O) groups is 5. The molecule has 0 saturated carbocycles. The molecule has 2 atom stereocenters. The molecule has 5 rings (SSSR count). The van der Waals surface area contributed by atoms with Crippen LogP contribution in [0, 0.1) is 0 Å². The van der Waals surface area contributed by atoms with Crippen molar-refractivity contribution in [2.45, 2.75) is 57.8 Å². The number of hydrogen-bond donors (Lipinski definition) is 2. The first-order valence-corrected chi connectivity index (χ1v) is 12.3. The molecule has 0 radical (unpaired) electrons. The molecule has 0 bridgehead atoms. The number of fused-ring (bicyclic) bond motifs is 2. The van der Waals surface area contributed by atoms with Crippen LogP contribution in [0.15, 0.2) is 60.8 Å². The minimum absolute atomic E-state index is 0.0129. The third-order valence-corrected chi connectivity index (χ3v) is 6.94. The maximum Gasteiger partial charge on any atom is 0.255 e. The molecule has 9 nitrogen and oxygen atoms in total. The van der Waals surface area contributed by atoms with Gasteiger partial charge in [-0.15, -0.1) is 0 Å². The minimum Gasteiger partial charge on any atom is -0.332 e. The Morgan fingerprint density at radius 2 is 1.68 bits per heavy atom. The van der Waals surface area contributed by atoms with E-state index in [1.165, 1.54) is 0 Å².